The van der Waals surface area contributed by atoms with E-state index in [0.29, 0.717) is 18.0 Å². The summed E-state index contributed by atoms with van der Waals surface area (Å²) in [6.07, 6.45) is -0.623. The summed E-state index contributed by atoms with van der Waals surface area (Å²) in [6, 6.07) is 8.95. The van der Waals surface area contributed by atoms with Crippen LogP contribution in [0.15, 0.2) is 35.1 Å². The van der Waals surface area contributed by atoms with E-state index >= 15 is 0 Å². The molecule has 0 spiro atoms. The van der Waals surface area contributed by atoms with Crippen molar-refractivity contribution in [3.05, 3.63) is 46.2 Å². The van der Waals surface area contributed by atoms with Crippen LogP contribution in [-0.2, 0) is 0 Å². The number of aromatic amines is 1. The maximum atomic E-state index is 11.3. The number of H-pyrrole nitrogens is 1. The number of rotatable bonds is 6. The van der Waals surface area contributed by atoms with Gasteiger partial charge in [0.1, 0.15) is 18.5 Å². The van der Waals surface area contributed by atoms with Gasteiger partial charge >= 0.3 is 0 Å². The van der Waals surface area contributed by atoms with Crippen LogP contribution < -0.4 is 15.6 Å². The van der Waals surface area contributed by atoms with E-state index in [4.69, 9.17) is 4.74 Å². The van der Waals surface area contributed by atoms with Gasteiger partial charge in [-0.3, -0.25) is 4.79 Å². The Hall–Kier alpha value is -1.89. The fraction of sp³-hybridized carbons (Fsp3) is 0.444. The molecule has 7 heteroatoms. The van der Waals surface area contributed by atoms with Crippen LogP contribution in [0.4, 0.5) is 0 Å². The molecule has 2 rings (SSSR count). The van der Waals surface area contributed by atoms with Gasteiger partial charge in [-0.2, -0.15) is 5.10 Å². The molecule has 1 aromatic carbocycles. The number of para-hydroxylation sites is 1. The summed E-state index contributed by atoms with van der Waals surface area (Å²) < 4.78 is 5.78. The first-order chi connectivity index (χ1) is 11.3. The standard InChI is InChI=1S/C18H25N3O3.ClH/c1-12-9-16(23)20-21-17(12)14-7-5-6-8-15(14)24-11-13(22)10-19-18(2,3)4;/h5-9,13,19,22H,10-11H2,1-4H3,(H,20,23);1H. The molecule has 3 N–H and O–H groups in total. The summed E-state index contributed by atoms with van der Waals surface area (Å²) >= 11 is 0. The van der Waals surface area contributed by atoms with Crippen LogP contribution in [0.25, 0.3) is 11.3 Å². The largest absolute Gasteiger partial charge is 0.490 e. The lowest BCUT2D eigenvalue weighted by Crippen LogP contribution is -2.42. The summed E-state index contributed by atoms with van der Waals surface area (Å²) in [6.45, 7) is 8.57. The van der Waals surface area contributed by atoms with Gasteiger partial charge in [0.15, 0.2) is 0 Å². The monoisotopic (exact) mass is 367 g/mol. The van der Waals surface area contributed by atoms with E-state index in [9.17, 15) is 9.90 Å². The topological polar surface area (TPSA) is 87.2 Å². The van der Waals surface area contributed by atoms with Crippen LogP contribution in [0.2, 0.25) is 0 Å². The fourth-order valence-electron chi connectivity index (χ4n) is 2.23. The molecule has 1 atom stereocenters. The Morgan fingerprint density at radius 2 is 2.00 bits per heavy atom. The van der Waals surface area contributed by atoms with Crippen LogP contribution in [0.1, 0.15) is 26.3 Å². The van der Waals surface area contributed by atoms with Crippen LogP contribution in [0, 0.1) is 6.92 Å². The van der Waals surface area contributed by atoms with E-state index in [-0.39, 0.29) is 30.1 Å². The van der Waals surface area contributed by atoms with Crippen molar-refractivity contribution >= 4 is 12.4 Å². The number of ether oxygens (including phenoxy) is 1. The van der Waals surface area contributed by atoms with Crippen molar-refractivity contribution in [3.8, 4) is 17.0 Å². The third-order valence-electron chi connectivity index (χ3n) is 3.44. The molecule has 0 bridgehead atoms. The highest BCUT2D eigenvalue weighted by atomic mass is 35.5. The maximum Gasteiger partial charge on any atom is 0.264 e. The van der Waals surface area contributed by atoms with Crippen molar-refractivity contribution in [2.24, 2.45) is 0 Å². The Morgan fingerprint density at radius 3 is 2.64 bits per heavy atom. The lowest BCUT2D eigenvalue weighted by Gasteiger charge is -2.23. The molecule has 0 saturated heterocycles. The van der Waals surface area contributed by atoms with Gasteiger partial charge in [0.2, 0.25) is 0 Å². The first-order valence-electron chi connectivity index (χ1n) is 7.98. The SMILES string of the molecule is Cc1cc(=O)[nH]nc1-c1ccccc1OCC(O)CNC(C)(C)C.Cl. The van der Waals surface area contributed by atoms with Crippen LogP contribution in [0.5, 0.6) is 5.75 Å². The molecular formula is C18H26ClN3O3. The summed E-state index contributed by atoms with van der Waals surface area (Å²) in [5, 5.41) is 19.9. The Bertz CT molecular complexity index is 741. The van der Waals surface area contributed by atoms with Gasteiger partial charge in [-0.1, -0.05) is 12.1 Å². The number of aliphatic hydroxyl groups is 1. The average molecular weight is 368 g/mol. The van der Waals surface area contributed by atoms with Crippen molar-refractivity contribution in [1.82, 2.24) is 15.5 Å². The van der Waals surface area contributed by atoms with Crippen LogP contribution >= 0.6 is 12.4 Å². The molecule has 0 amide bonds. The zero-order valence-electron chi connectivity index (χ0n) is 15.0. The van der Waals surface area contributed by atoms with E-state index in [1.165, 1.54) is 6.07 Å². The first-order valence-corrected chi connectivity index (χ1v) is 7.98. The molecule has 0 saturated carbocycles. The summed E-state index contributed by atoms with van der Waals surface area (Å²) in [7, 11) is 0. The molecule has 0 aliphatic heterocycles. The number of benzene rings is 1. The second-order valence-corrected chi connectivity index (χ2v) is 6.86. The van der Waals surface area contributed by atoms with Gasteiger partial charge in [-0.25, -0.2) is 5.10 Å². The molecule has 0 aliphatic carbocycles. The molecule has 6 nitrogen and oxygen atoms in total. The Kier molecular flexibility index (Phi) is 7.60. The van der Waals surface area contributed by atoms with E-state index < -0.39 is 6.10 Å². The lowest BCUT2D eigenvalue weighted by molar-refractivity contribution is 0.100. The molecule has 0 fully saturated rings. The molecule has 1 unspecified atom stereocenters. The predicted octanol–water partition coefficient (Wildman–Crippen LogP) is 2.29. The van der Waals surface area contributed by atoms with Crippen molar-refractivity contribution in [1.29, 1.82) is 0 Å². The van der Waals surface area contributed by atoms with Gasteiger partial charge in [0.25, 0.3) is 5.56 Å². The van der Waals surface area contributed by atoms with E-state index in [1.54, 1.807) is 0 Å². The number of halogens is 1. The molecule has 25 heavy (non-hydrogen) atoms. The van der Waals surface area contributed by atoms with E-state index in [2.05, 4.69) is 15.5 Å². The summed E-state index contributed by atoms with van der Waals surface area (Å²) in [5.74, 6) is 0.620. The predicted molar refractivity (Wildman–Crippen MR) is 102 cm³/mol. The number of aryl methyl sites for hydroxylation is 1. The van der Waals surface area contributed by atoms with Crippen molar-refractivity contribution in [3.63, 3.8) is 0 Å². The molecule has 2 aromatic rings. The Labute approximate surface area is 154 Å². The number of aliphatic hydroxyl groups excluding tert-OH is 1. The van der Waals surface area contributed by atoms with Crippen molar-refractivity contribution in [2.45, 2.75) is 39.3 Å². The third kappa shape index (κ3) is 6.49. The van der Waals surface area contributed by atoms with Crippen molar-refractivity contribution in [2.75, 3.05) is 13.2 Å². The van der Waals surface area contributed by atoms with Crippen molar-refractivity contribution < 1.29 is 9.84 Å². The molecule has 138 valence electrons. The number of β-amino-alcohol motifs (C(OH)–C–C–N with tert-alkyl or cyclic N) is 1. The zero-order chi connectivity index (χ0) is 17.7. The zero-order valence-corrected chi connectivity index (χ0v) is 15.8. The highest BCUT2D eigenvalue weighted by Crippen LogP contribution is 2.29. The van der Waals surface area contributed by atoms with Gasteiger partial charge in [0, 0.05) is 23.7 Å². The third-order valence-corrected chi connectivity index (χ3v) is 3.44. The molecular weight excluding hydrogens is 342 g/mol. The van der Waals surface area contributed by atoms with Crippen LogP contribution in [0.3, 0.4) is 0 Å². The minimum Gasteiger partial charge on any atom is -0.490 e. The summed E-state index contributed by atoms with van der Waals surface area (Å²) in [5.41, 5.74) is 1.91. The van der Waals surface area contributed by atoms with Crippen LogP contribution in [-0.4, -0.2) is 40.1 Å². The minimum atomic E-state index is -0.623. The number of hydrogen-bond donors (Lipinski definition) is 3. The summed E-state index contributed by atoms with van der Waals surface area (Å²) in [4.78, 5) is 11.3. The van der Waals surface area contributed by atoms with E-state index in [1.807, 2.05) is 52.0 Å². The Morgan fingerprint density at radius 1 is 1.32 bits per heavy atom. The second kappa shape index (κ2) is 8.99. The average Bonchev–Trinajstić information content (AvgIpc) is 2.51. The molecule has 0 aliphatic rings. The van der Waals surface area contributed by atoms with E-state index in [0.717, 1.165) is 11.1 Å². The van der Waals surface area contributed by atoms with Gasteiger partial charge < -0.3 is 15.2 Å². The number of aromatic nitrogens is 2. The highest BCUT2D eigenvalue weighted by Gasteiger charge is 2.15. The fourth-order valence-corrected chi connectivity index (χ4v) is 2.23. The first kappa shape index (κ1) is 21.2. The highest BCUT2D eigenvalue weighted by molar-refractivity contribution is 5.85. The molecule has 1 aromatic heterocycles. The maximum absolute atomic E-state index is 11.3. The van der Waals surface area contributed by atoms with Gasteiger partial charge in [0.05, 0.1) is 5.69 Å². The van der Waals surface area contributed by atoms with Gasteiger partial charge in [-0.15, -0.1) is 12.4 Å². The normalized spacial score (nSPS) is 12.4. The molecule has 0 radical (unpaired) electrons. The Balaban J connectivity index is 0.00000312. The number of hydrogen-bond acceptors (Lipinski definition) is 5. The lowest BCUT2D eigenvalue weighted by atomic mass is 10.1. The minimum absolute atomic E-state index is 0. The number of nitrogens with one attached hydrogen (secondary N) is 2. The quantitative estimate of drug-likeness (QED) is 0.729. The smallest absolute Gasteiger partial charge is 0.264 e. The molecule has 1 heterocycles. The number of nitrogens with zero attached hydrogens (tertiary/aromatic N) is 1. The second-order valence-electron chi connectivity index (χ2n) is 6.86. The van der Waals surface area contributed by atoms with Gasteiger partial charge in [-0.05, 0) is 45.4 Å².